The first-order chi connectivity index (χ1) is 59.1. The van der Waals surface area contributed by atoms with E-state index in [0.717, 1.165) is 54.3 Å². The quantitative estimate of drug-likeness (QED) is 0.0761. The van der Waals surface area contributed by atoms with Gasteiger partial charge >= 0.3 is 0 Å². The third-order valence-electron chi connectivity index (χ3n) is 20.8. The second-order valence-corrected chi connectivity index (χ2v) is 53.4. The number of hydrogen-bond donors (Lipinski definition) is 4. The van der Waals surface area contributed by atoms with Crippen LogP contribution in [0.5, 0.6) is 0 Å². The van der Waals surface area contributed by atoms with Gasteiger partial charge in [-0.15, -0.1) is 0 Å². The van der Waals surface area contributed by atoms with E-state index in [-0.39, 0.29) is 186 Å². The van der Waals surface area contributed by atoms with E-state index in [1.165, 1.54) is 55.8 Å². The first-order valence-corrected chi connectivity index (χ1v) is 48.3. The fraction of sp³-hybridized carbons (Fsp3) is 0.633. The predicted molar refractivity (Wildman–Crippen MR) is 631 cm³/mol. The minimum Gasteiger partial charge on any atom is -0.351 e. The second-order valence-electron chi connectivity index (χ2n) is 53.4. The van der Waals surface area contributed by atoms with Gasteiger partial charge in [-0.05, 0) is 216 Å². The van der Waals surface area contributed by atoms with Crippen LogP contribution in [0.3, 0.4) is 0 Å². The van der Waals surface area contributed by atoms with Crippen molar-refractivity contribution in [2.45, 2.75) is 522 Å². The van der Waals surface area contributed by atoms with Crippen molar-refractivity contribution < 1.29 is 19.2 Å². The fourth-order valence-electron chi connectivity index (χ4n) is 12.7. The molecule has 13 heteroatoms. The maximum atomic E-state index is 11.9. The molecule has 141 heavy (non-hydrogen) atoms. The van der Waals surface area contributed by atoms with E-state index in [0.29, 0.717) is 22.9 Å². The van der Waals surface area contributed by atoms with Crippen LogP contribution in [0.1, 0.15) is 503 Å². The van der Waals surface area contributed by atoms with Crippen LogP contribution in [-0.2, 0) is 106 Å². The number of carbonyl (C=O) groups excluding carboxylic acids is 4. The average Bonchev–Trinajstić information content (AvgIpc) is 0.828. The zero-order valence-electron chi connectivity index (χ0n) is 93.1. The smallest absolute Gasteiger partial charge is 0.233 e. The Bertz CT molecular complexity index is 4320. The number of amides is 2. The van der Waals surface area contributed by atoms with Crippen molar-refractivity contribution in [2.24, 2.45) is 16.2 Å². The molecule has 8 rings (SSSR count). The van der Waals surface area contributed by atoms with E-state index in [1.54, 1.807) is 12.3 Å². The molecule has 0 saturated carbocycles. The average molecular weight is 1960 g/mol. The Kier molecular flexibility index (Phi) is 65.2. The first kappa shape index (κ1) is 150. The number of benzene rings is 3. The number of carbonyl (C=O) groups is 4. The van der Waals surface area contributed by atoms with Gasteiger partial charge in [0.05, 0.1) is 18.3 Å². The number of nitrogens with one attached hydrogen (secondary N) is 4. The van der Waals surface area contributed by atoms with Crippen molar-refractivity contribution >= 4 is 29.1 Å². The number of anilines is 1. The Morgan fingerprint density at radius 3 is 0.766 bits per heavy atom. The van der Waals surface area contributed by atoms with Gasteiger partial charge < -0.3 is 21.3 Å². The topological polar surface area (TPSA) is 181 Å². The molecule has 4 N–H and O–H groups in total. The molecule has 0 aliphatic heterocycles. The highest BCUT2D eigenvalue weighted by Crippen LogP contribution is 2.33. The molecule has 8 aromatic rings. The summed E-state index contributed by atoms with van der Waals surface area (Å²) >= 11 is 0. The highest BCUT2D eigenvalue weighted by molar-refractivity contribution is 6.03. The molecule has 2 amide bonds. The lowest BCUT2D eigenvalue weighted by molar-refractivity contribution is -0.129. The minimum atomic E-state index is -0.345. The van der Waals surface area contributed by atoms with Crippen molar-refractivity contribution in [2.75, 3.05) is 5.32 Å². The standard InChI is InChI=1S/C18H27NO2.C16H25N3O2.C15H25N.C15H24.C14H24N2.C14H23N.C14H22.C13H21N.9CH4/c1-17(2,3)11-16(21)10-15(20)9-14-8-7-13(12-19-14)18(4,5)6;1-15(2,3)12-8-7-11(10-17-12)18-13(20)9-14(21)19-16(4,5)6;1-14(2,3)13-9-7-12(8-10-13)11-16-15(4,5)6;1-14(2,3)11-12-7-9-13(10-8-12)15(4,5)6;1-13(2,3)12-8-7-11(9-15-12)10-16-14(4,5)6;1-13(2,3)9-11-7-8-12(15-10-11)14(4,5)6;1-13(2,3)11-7-9-12(10-8-11)14(4,5)6;1-12(2,3)10-7-8-11(14-9-10)13(4,5)6;;;;;;;;;/h7-8,12H,9-11H2,1-6H3;7-8,10H,9H2,1-6H3,(H,18,20)(H,19,21);7-10,16H,11H2,1-6H3;7-10H,11H2,1-6H3;7-9,16H,10H2,1-6H3;7-8,10H,9H2,1-6H3;7-10H,1-6H3;7-9H,1-6H3;9*1H4. The summed E-state index contributed by atoms with van der Waals surface area (Å²) in [5.41, 5.74) is 21.5. The van der Waals surface area contributed by atoms with Crippen molar-refractivity contribution in [3.05, 3.63) is 249 Å². The molecule has 0 atom stereocenters. The van der Waals surface area contributed by atoms with Gasteiger partial charge in [0.25, 0.3) is 0 Å². The summed E-state index contributed by atoms with van der Waals surface area (Å²) < 4.78 is 0. The van der Waals surface area contributed by atoms with E-state index in [9.17, 15) is 19.2 Å². The van der Waals surface area contributed by atoms with Crippen molar-refractivity contribution in [1.29, 1.82) is 0 Å². The third kappa shape index (κ3) is 68.5. The summed E-state index contributed by atoms with van der Waals surface area (Å²) in [6.07, 6.45) is 12.2. The lowest BCUT2D eigenvalue weighted by atomic mass is 9.82. The highest BCUT2D eigenvalue weighted by Gasteiger charge is 2.26. The molecule has 0 aliphatic rings. The van der Waals surface area contributed by atoms with Gasteiger partial charge in [-0.2, -0.15) is 0 Å². The van der Waals surface area contributed by atoms with Crippen molar-refractivity contribution in [3.8, 4) is 0 Å². The molecule has 808 valence electrons. The fourth-order valence-corrected chi connectivity index (χ4v) is 12.7. The molecule has 13 nitrogen and oxygen atoms in total. The van der Waals surface area contributed by atoms with Gasteiger partial charge in [-0.3, -0.25) is 44.1 Å². The van der Waals surface area contributed by atoms with Crippen LogP contribution >= 0.6 is 0 Å². The minimum absolute atomic E-state index is 0. The summed E-state index contributed by atoms with van der Waals surface area (Å²) in [5, 5.41) is 12.4. The molecule has 5 aromatic heterocycles. The summed E-state index contributed by atoms with van der Waals surface area (Å²) in [7, 11) is 0. The Hall–Kier alpha value is -8.39. The van der Waals surface area contributed by atoms with Crippen LogP contribution in [-0.4, -0.2) is 64.9 Å². The van der Waals surface area contributed by atoms with Gasteiger partial charge in [0, 0.05) is 117 Å². The number of nitrogens with zero attached hydrogens (tertiary/aromatic N) is 5. The number of aromatic nitrogens is 5. The molecule has 0 radical (unpaired) electrons. The first-order valence-electron chi connectivity index (χ1n) is 48.3. The Labute approximate surface area is 875 Å². The molecule has 0 spiro atoms. The number of rotatable bonds is 14. The Morgan fingerprint density at radius 2 is 0.504 bits per heavy atom. The third-order valence-corrected chi connectivity index (χ3v) is 20.8. The largest absolute Gasteiger partial charge is 0.351 e. The van der Waals surface area contributed by atoms with E-state index in [1.807, 2.05) is 84.5 Å². The monoisotopic (exact) mass is 1950 g/mol. The van der Waals surface area contributed by atoms with Crippen molar-refractivity contribution in [1.82, 2.24) is 40.9 Å². The normalized spacial score (nSPS) is 11.9. The highest BCUT2D eigenvalue weighted by atomic mass is 16.2. The Balaban J connectivity index is -0.000000201. The molecule has 0 unspecified atom stereocenters. The van der Waals surface area contributed by atoms with Gasteiger partial charge in [0.1, 0.15) is 18.0 Å². The van der Waals surface area contributed by atoms with E-state index >= 15 is 0 Å². The summed E-state index contributed by atoms with van der Waals surface area (Å²) in [5.74, 6) is -0.680. The Morgan fingerprint density at radius 1 is 0.234 bits per heavy atom. The maximum Gasteiger partial charge on any atom is 0.233 e. The molecular formula is C128H227N9O4. The zero-order chi connectivity index (χ0) is 103. The van der Waals surface area contributed by atoms with Crippen LogP contribution in [0, 0.1) is 16.2 Å². The van der Waals surface area contributed by atoms with Gasteiger partial charge in [0.2, 0.25) is 11.8 Å². The number of Topliss-reactive ketones (excluding diaryl/α,β-unsaturated/α-hetero) is 2. The molecule has 0 bridgehead atoms. The van der Waals surface area contributed by atoms with Crippen LogP contribution in [0.25, 0.3) is 0 Å². The second kappa shape index (κ2) is 61.2. The molecule has 0 fully saturated rings. The van der Waals surface area contributed by atoms with E-state index in [4.69, 9.17) is 0 Å². The number of hydrogen-bond acceptors (Lipinski definition) is 11. The molecule has 0 saturated heterocycles. The van der Waals surface area contributed by atoms with Gasteiger partial charge in [-0.1, -0.05) is 434 Å². The zero-order valence-corrected chi connectivity index (χ0v) is 93.1. The van der Waals surface area contributed by atoms with Crippen LogP contribution in [0.4, 0.5) is 5.69 Å². The van der Waals surface area contributed by atoms with E-state index < -0.39 is 0 Å². The number of ketones is 2. The molecule has 3 aromatic carbocycles. The lowest BCUT2D eigenvalue weighted by Crippen LogP contribution is -2.41. The van der Waals surface area contributed by atoms with Crippen LogP contribution in [0.15, 0.2) is 164 Å². The van der Waals surface area contributed by atoms with Crippen LogP contribution < -0.4 is 21.3 Å². The predicted octanol–water partition coefficient (Wildman–Crippen LogP) is 35.9. The summed E-state index contributed by atoms with van der Waals surface area (Å²) in [6.45, 7) is 106. The maximum absolute atomic E-state index is 11.9. The van der Waals surface area contributed by atoms with Crippen molar-refractivity contribution in [3.63, 3.8) is 0 Å². The van der Waals surface area contributed by atoms with Gasteiger partial charge in [0.15, 0.2) is 0 Å². The summed E-state index contributed by atoms with van der Waals surface area (Å²) in [4.78, 5) is 69.4. The van der Waals surface area contributed by atoms with E-state index in [2.05, 4.69) is 446 Å². The summed E-state index contributed by atoms with van der Waals surface area (Å²) in [6, 6.07) is 47.5. The van der Waals surface area contributed by atoms with Gasteiger partial charge in [-0.25, -0.2) is 0 Å². The molecular weight excluding hydrogens is 1730 g/mol. The lowest BCUT2D eigenvalue weighted by Gasteiger charge is -2.23. The SMILES string of the molecule is C.C.C.C.C.C.C.C.C.CC(C)(C)CC(=O)CC(=O)Cc1ccc(C(C)(C)C)cn1.CC(C)(C)Cc1ccc(C(C)(C)C)cc1.CC(C)(C)Cc1ccc(C(C)(C)C)nc1.CC(C)(C)NC(=O)CC(=O)Nc1ccc(C(C)(C)C)nc1.CC(C)(C)NCc1ccc(C(C)(C)C)cc1.CC(C)(C)NCc1ccc(C(C)(C)C)nc1.CC(C)(C)c1ccc(C(C)(C)C)cc1.CC(C)(C)c1ccc(C(C)(C)C)nc1. The molecule has 5 heterocycles. The molecule has 0 aliphatic carbocycles. The van der Waals surface area contributed by atoms with Crippen LogP contribution in [0.2, 0.25) is 0 Å². The number of pyridine rings is 5.